The van der Waals surface area contributed by atoms with Gasteiger partial charge in [-0.3, -0.25) is 9.59 Å². The lowest BCUT2D eigenvalue weighted by molar-refractivity contribution is 0.0608. The van der Waals surface area contributed by atoms with Gasteiger partial charge < -0.3 is 15.0 Å². The maximum Gasteiger partial charge on any atom is 0.254 e. The molecular weight excluding hydrogens is 352 g/mol. The van der Waals surface area contributed by atoms with Crippen molar-refractivity contribution in [3.63, 3.8) is 0 Å². The van der Waals surface area contributed by atoms with Crippen molar-refractivity contribution in [2.75, 3.05) is 13.7 Å². The molecule has 0 saturated carbocycles. The second-order valence-corrected chi connectivity index (χ2v) is 7.13. The van der Waals surface area contributed by atoms with Gasteiger partial charge in [-0.2, -0.15) is 0 Å². The number of carbonyl (C=O) groups excluding carboxylic acids is 2. The molecule has 1 N–H and O–H groups in total. The van der Waals surface area contributed by atoms with Gasteiger partial charge in [0.15, 0.2) is 0 Å². The Kier molecular flexibility index (Phi) is 6.69. The van der Waals surface area contributed by atoms with Gasteiger partial charge in [-0.15, -0.1) is 0 Å². The fraction of sp³-hybridized carbons (Fsp3) is 0.391. The van der Waals surface area contributed by atoms with Crippen LogP contribution in [0.4, 0.5) is 0 Å². The molecule has 0 aliphatic carbocycles. The van der Waals surface area contributed by atoms with E-state index in [1.54, 1.807) is 31.4 Å². The van der Waals surface area contributed by atoms with Crippen LogP contribution in [0.15, 0.2) is 48.5 Å². The average molecular weight is 380 g/mol. The third-order valence-electron chi connectivity index (χ3n) is 5.36. The first kappa shape index (κ1) is 19.9. The lowest BCUT2D eigenvalue weighted by Crippen LogP contribution is -2.43. The Labute approximate surface area is 166 Å². The molecule has 1 heterocycles. The third-order valence-corrected chi connectivity index (χ3v) is 5.36. The van der Waals surface area contributed by atoms with E-state index in [0.29, 0.717) is 23.7 Å². The second kappa shape index (κ2) is 9.40. The summed E-state index contributed by atoms with van der Waals surface area (Å²) in [4.78, 5) is 27.6. The van der Waals surface area contributed by atoms with E-state index in [9.17, 15) is 9.59 Å². The van der Waals surface area contributed by atoms with E-state index in [1.807, 2.05) is 29.2 Å². The van der Waals surface area contributed by atoms with Crippen molar-refractivity contribution < 1.29 is 14.3 Å². The molecule has 1 saturated heterocycles. The molecular formula is C23H28N2O3. The Balaban J connectivity index is 1.70. The molecule has 3 rings (SSSR count). The number of hydrogen-bond donors (Lipinski definition) is 1. The number of para-hydroxylation sites is 1. The molecule has 2 aromatic carbocycles. The topological polar surface area (TPSA) is 58.6 Å². The summed E-state index contributed by atoms with van der Waals surface area (Å²) < 4.78 is 5.32. The molecule has 0 aromatic heterocycles. The Morgan fingerprint density at radius 2 is 1.89 bits per heavy atom. The van der Waals surface area contributed by atoms with Gasteiger partial charge in [0.05, 0.1) is 7.11 Å². The van der Waals surface area contributed by atoms with Gasteiger partial charge in [0.2, 0.25) is 0 Å². The van der Waals surface area contributed by atoms with Crippen molar-refractivity contribution in [2.45, 2.75) is 45.2 Å². The summed E-state index contributed by atoms with van der Waals surface area (Å²) in [7, 11) is 1.61. The lowest BCUT2D eigenvalue weighted by atomic mass is 9.98. The van der Waals surface area contributed by atoms with Crippen molar-refractivity contribution in [1.29, 1.82) is 0 Å². The van der Waals surface area contributed by atoms with Crippen molar-refractivity contribution >= 4 is 11.8 Å². The molecule has 1 aliphatic heterocycles. The first-order chi connectivity index (χ1) is 13.6. The molecule has 2 aromatic rings. The Hall–Kier alpha value is -2.82. The zero-order valence-corrected chi connectivity index (χ0v) is 16.6. The van der Waals surface area contributed by atoms with Crippen molar-refractivity contribution in [3.8, 4) is 5.75 Å². The number of piperidine rings is 1. The summed E-state index contributed by atoms with van der Waals surface area (Å²) >= 11 is 0. The fourth-order valence-electron chi connectivity index (χ4n) is 3.78. The van der Waals surface area contributed by atoms with Gasteiger partial charge in [0.1, 0.15) is 5.75 Å². The largest absolute Gasteiger partial charge is 0.496 e. The predicted octanol–water partition coefficient (Wildman–Crippen LogP) is 4.03. The van der Waals surface area contributed by atoms with Crippen molar-refractivity contribution in [3.05, 3.63) is 65.2 Å². The molecule has 148 valence electrons. The number of ether oxygens (including phenoxy) is 1. The van der Waals surface area contributed by atoms with E-state index in [-0.39, 0.29) is 11.8 Å². The van der Waals surface area contributed by atoms with Crippen LogP contribution in [0.25, 0.3) is 0 Å². The fourth-order valence-corrected chi connectivity index (χ4v) is 3.78. The van der Waals surface area contributed by atoms with Crippen LogP contribution in [0.3, 0.4) is 0 Å². The smallest absolute Gasteiger partial charge is 0.254 e. The monoisotopic (exact) mass is 380 g/mol. The van der Waals surface area contributed by atoms with E-state index in [0.717, 1.165) is 37.1 Å². The van der Waals surface area contributed by atoms with Crippen LogP contribution in [0.2, 0.25) is 0 Å². The van der Waals surface area contributed by atoms with Crippen LogP contribution in [0.1, 0.15) is 58.9 Å². The minimum atomic E-state index is -0.203. The quantitative estimate of drug-likeness (QED) is 0.823. The number of amides is 2. The summed E-state index contributed by atoms with van der Waals surface area (Å²) in [6.45, 7) is 3.28. The number of carbonyl (C=O) groups is 2. The van der Waals surface area contributed by atoms with E-state index in [4.69, 9.17) is 4.74 Å². The summed E-state index contributed by atoms with van der Waals surface area (Å²) in [6, 6.07) is 14.9. The Morgan fingerprint density at radius 1 is 1.11 bits per heavy atom. The summed E-state index contributed by atoms with van der Waals surface area (Å²) in [5.74, 6) is 0.555. The first-order valence-electron chi connectivity index (χ1n) is 9.95. The SMILES string of the molecule is CCC1CCCCN1C(=O)c1cccc(C(=O)NCc2ccccc2OC)c1. The van der Waals surface area contributed by atoms with Gasteiger partial charge in [-0.25, -0.2) is 0 Å². The summed E-state index contributed by atoms with van der Waals surface area (Å²) in [5.41, 5.74) is 1.97. The number of hydrogen-bond acceptors (Lipinski definition) is 3. The molecule has 2 amide bonds. The van der Waals surface area contributed by atoms with Crippen LogP contribution >= 0.6 is 0 Å². The maximum absolute atomic E-state index is 13.0. The number of rotatable bonds is 6. The van der Waals surface area contributed by atoms with Gasteiger partial charge in [0.25, 0.3) is 11.8 Å². The number of nitrogens with zero attached hydrogens (tertiary/aromatic N) is 1. The van der Waals surface area contributed by atoms with E-state index in [1.165, 1.54) is 6.42 Å². The number of benzene rings is 2. The van der Waals surface area contributed by atoms with Crippen LogP contribution in [0, 0.1) is 0 Å². The molecule has 0 bridgehead atoms. The van der Waals surface area contributed by atoms with Gasteiger partial charge in [-0.05, 0) is 49.9 Å². The van der Waals surface area contributed by atoms with Gasteiger partial charge in [0, 0.05) is 35.8 Å². The third kappa shape index (κ3) is 4.53. The highest BCUT2D eigenvalue weighted by atomic mass is 16.5. The molecule has 1 atom stereocenters. The molecule has 1 fully saturated rings. The minimum Gasteiger partial charge on any atom is -0.496 e. The molecule has 1 aliphatic rings. The van der Waals surface area contributed by atoms with Crippen LogP contribution in [0.5, 0.6) is 5.75 Å². The summed E-state index contributed by atoms with van der Waals surface area (Å²) in [5, 5.41) is 2.91. The molecule has 5 nitrogen and oxygen atoms in total. The highest BCUT2D eigenvalue weighted by Gasteiger charge is 2.26. The minimum absolute atomic E-state index is 0.0194. The van der Waals surface area contributed by atoms with Gasteiger partial charge >= 0.3 is 0 Å². The lowest BCUT2D eigenvalue weighted by Gasteiger charge is -2.35. The second-order valence-electron chi connectivity index (χ2n) is 7.13. The molecule has 28 heavy (non-hydrogen) atoms. The number of likely N-dealkylation sites (tertiary alicyclic amines) is 1. The Morgan fingerprint density at radius 3 is 2.68 bits per heavy atom. The standard InChI is InChI=1S/C23H28N2O3/c1-3-20-12-6-7-14-25(20)23(27)18-11-8-10-17(15-18)22(26)24-16-19-9-4-5-13-21(19)28-2/h4-5,8-11,13,15,20H,3,6-7,12,14,16H2,1-2H3,(H,24,26). The zero-order valence-electron chi connectivity index (χ0n) is 16.6. The van der Waals surface area contributed by atoms with E-state index in [2.05, 4.69) is 12.2 Å². The van der Waals surface area contributed by atoms with Crippen LogP contribution in [-0.2, 0) is 6.54 Å². The van der Waals surface area contributed by atoms with Crippen molar-refractivity contribution in [1.82, 2.24) is 10.2 Å². The summed E-state index contributed by atoms with van der Waals surface area (Å²) in [6.07, 6.45) is 4.24. The van der Waals surface area contributed by atoms with E-state index < -0.39 is 0 Å². The molecule has 0 spiro atoms. The number of nitrogens with one attached hydrogen (secondary N) is 1. The zero-order chi connectivity index (χ0) is 19.9. The molecule has 5 heteroatoms. The first-order valence-corrected chi connectivity index (χ1v) is 9.95. The maximum atomic E-state index is 13.0. The van der Waals surface area contributed by atoms with E-state index >= 15 is 0 Å². The highest BCUT2D eigenvalue weighted by Crippen LogP contribution is 2.22. The average Bonchev–Trinajstić information content (AvgIpc) is 2.77. The molecule has 1 unspecified atom stereocenters. The highest BCUT2D eigenvalue weighted by molar-refractivity contribution is 5.99. The van der Waals surface area contributed by atoms with Crippen LogP contribution in [-0.4, -0.2) is 36.4 Å². The Bertz CT molecular complexity index is 834. The van der Waals surface area contributed by atoms with Crippen molar-refractivity contribution in [2.24, 2.45) is 0 Å². The number of methoxy groups -OCH3 is 1. The molecule has 0 radical (unpaired) electrons. The predicted molar refractivity (Wildman–Crippen MR) is 110 cm³/mol. The van der Waals surface area contributed by atoms with Crippen LogP contribution < -0.4 is 10.1 Å². The van der Waals surface area contributed by atoms with Gasteiger partial charge in [-0.1, -0.05) is 31.2 Å². The normalized spacial score (nSPS) is 16.5.